The molecular weight excluding hydrogens is 192 g/mol. The topological polar surface area (TPSA) is 55.2 Å². The fourth-order valence-electron chi connectivity index (χ4n) is 1.25. The zero-order valence-corrected chi connectivity index (χ0v) is 8.65. The van der Waals surface area contributed by atoms with Crippen molar-refractivity contribution in [3.05, 3.63) is 33.9 Å². The van der Waals surface area contributed by atoms with Crippen LogP contribution in [0.2, 0.25) is 0 Å². The third-order valence-electron chi connectivity index (χ3n) is 2.06. The highest BCUT2D eigenvalue weighted by molar-refractivity contribution is 5.66. The van der Waals surface area contributed by atoms with Gasteiger partial charge in [0.05, 0.1) is 11.0 Å². The standard InChI is InChI=1S/C11H12N2O2/c1-4-9(3)12-11-8(2)6-5-7-10(11)13(14)15/h1,5-7,9,12H,2-3H3. The molecule has 1 aromatic rings. The van der Waals surface area contributed by atoms with Crippen molar-refractivity contribution in [2.45, 2.75) is 19.9 Å². The van der Waals surface area contributed by atoms with E-state index >= 15 is 0 Å². The zero-order valence-electron chi connectivity index (χ0n) is 8.65. The summed E-state index contributed by atoms with van der Waals surface area (Å²) in [5.74, 6) is 2.47. The molecule has 15 heavy (non-hydrogen) atoms. The van der Waals surface area contributed by atoms with Gasteiger partial charge in [-0.15, -0.1) is 6.42 Å². The molecule has 0 spiro atoms. The molecule has 0 aliphatic carbocycles. The minimum atomic E-state index is -0.418. The molecule has 1 N–H and O–H groups in total. The Bertz CT molecular complexity index is 421. The number of nitro groups is 1. The molecule has 4 heteroatoms. The SMILES string of the molecule is C#CC(C)Nc1c(C)cccc1[N+](=O)[O-]. The molecule has 0 fully saturated rings. The summed E-state index contributed by atoms with van der Waals surface area (Å²) >= 11 is 0. The number of para-hydroxylation sites is 1. The lowest BCUT2D eigenvalue weighted by atomic mass is 10.1. The molecule has 78 valence electrons. The maximum absolute atomic E-state index is 10.8. The first-order valence-corrected chi connectivity index (χ1v) is 4.53. The van der Waals surface area contributed by atoms with Crippen molar-refractivity contribution in [1.82, 2.24) is 0 Å². The normalized spacial score (nSPS) is 11.5. The van der Waals surface area contributed by atoms with Crippen LogP contribution in [0.1, 0.15) is 12.5 Å². The van der Waals surface area contributed by atoms with Crippen molar-refractivity contribution in [2.24, 2.45) is 0 Å². The van der Waals surface area contributed by atoms with Gasteiger partial charge in [-0.1, -0.05) is 18.1 Å². The van der Waals surface area contributed by atoms with Crippen LogP contribution in [0, 0.1) is 29.4 Å². The van der Waals surface area contributed by atoms with Crippen molar-refractivity contribution in [2.75, 3.05) is 5.32 Å². The Balaban J connectivity index is 3.14. The van der Waals surface area contributed by atoms with Crippen molar-refractivity contribution in [3.8, 4) is 12.3 Å². The smallest absolute Gasteiger partial charge is 0.292 e. The molecule has 0 aliphatic heterocycles. The Morgan fingerprint density at radius 2 is 2.27 bits per heavy atom. The van der Waals surface area contributed by atoms with Crippen LogP contribution in [0.25, 0.3) is 0 Å². The van der Waals surface area contributed by atoms with Crippen molar-refractivity contribution in [1.29, 1.82) is 0 Å². The fourth-order valence-corrected chi connectivity index (χ4v) is 1.25. The van der Waals surface area contributed by atoms with Crippen LogP contribution in [0.15, 0.2) is 18.2 Å². The van der Waals surface area contributed by atoms with E-state index in [2.05, 4.69) is 11.2 Å². The number of hydrogen-bond donors (Lipinski definition) is 1. The molecule has 0 saturated carbocycles. The number of anilines is 1. The summed E-state index contributed by atoms with van der Waals surface area (Å²) in [4.78, 5) is 10.3. The summed E-state index contributed by atoms with van der Waals surface area (Å²) in [6.07, 6.45) is 5.21. The molecule has 0 bridgehead atoms. The Morgan fingerprint density at radius 3 is 2.80 bits per heavy atom. The van der Waals surface area contributed by atoms with Gasteiger partial charge in [0.25, 0.3) is 5.69 Å². The van der Waals surface area contributed by atoms with Gasteiger partial charge in [0.15, 0.2) is 0 Å². The predicted octanol–water partition coefficient (Wildman–Crippen LogP) is 2.34. The average Bonchev–Trinajstić information content (AvgIpc) is 2.20. The lowest BCUT2D eigenvalue weighted by Crippen LogP contribution is -2.14. The van der Waals surface area contributed by atoms with Gasteiger partial charge in [0.2, 0.25) is 0 Å². The average molecular weight is 204 g/mol. The second kappa shape index (κ2) is 4.47. The highest BCUT2D eigenvalue weighted by Gasteiger charge is 2.15. The summed E-state index contributed by atoms with van der Waals surface area (Å²) in [7, 11) is 0. The second-order valence-electron chi connectivity index (χ2n) is 3.26. The second-order valence-corrected chi connectivity index (χ2v) is 3.26. The van der Waals surface area contributed by atoms with Crippen LogP contribution in [0.5, 0.6) is 0 Å². The number of hydrogen-bond acceptors (Lipinski definition) is 3. The first-order valence-electron chi connectivity index (χ1n) is 4.53. The monoisotopic (exact) mass is 204 g/mol. The van der Waals surface area contributed by atoms with E-state index in [1.165, 1.54) is 6.07 Å². The minimum Gasteiger partial charge on any atom is -0.366 e. The third-order valence-corrected chi connectivity index (χ3v) is 2.06. The van der Waals surface area contributed by atoms with Crippen LogP contribution in [0.4, 0.5) is 11.4 Å². The molecular formula is C11H12N2O2. The van der Waals surface area contributed by atoms with Crippen LogP contribution >= 0.6 is 0 Å². The highest BCUT2D eigenvalue weighted by atomic mass is 16.6. The van der Waals surface area contributed by atoms with Gasteiger partial charge in [-0.25, -0.2) is 0 Å². The summed E-state index contributed by atoms with van der Waals surface area (Å²) in [6, 6.07) is 4.68. The van der Waals surface area contributed by atoms with E-state index in [0.717, 1.165) is 5.56 Å². The van der Waals surface area contributed by atoms with E-state index in [4.69, 9.17) is 6.42 Å². The van der Waals surface area contributed by atoms with E-state index in [0.29, 0.717) is 5.69 Å². The molecule has 0 saturated heterocycles. The Morgan fingerprint density at radius 1 is 1.60 bits per heavy atom. The van der Waals surface area contributed by atoms with Gasteiger partial charge in [-0.2, -0.15) is 0 Å². The molecule has 0 aliphatic rings. The van der Waals surface area contributed by atoms with Crippen LogP contribution < -0.4 is 5.32 Å². The van der Waals surface area contributed by atoms with E-state index < -0.39 is 4.92 Å². The fraction of sp³-hybridized carbons (Fsp3) is 0.273. The lowest BCUT2D eigenvalue weighted by Gasteiger charge is -2.11. The quantitative estimate of drug-likeness (QED) is 0.467. The molecule has 1 aromatic carbocycles. The summed E-state index contributed by atoms with van der Waals surface area (Å²) in [5, 5.41) is 13.7. The summed E-state index contributed by atoms with van der Waals surface area (Å²) in [5.41, 5.74) is 1.36. The largest absolute Gasteiger partial charge is 0.366 e. The first kappa shape index (κ1) is 11.1. The van der Waals surface area contributed by atoms with E-state index in [1.54, 1.807) is 26.0 Å². The lowest BCUT2D eigenvalue weighted by molar-refractivity contribution is -0.384. The first-order chi connectivity index (χ1) is 7.06. The predicted molar refractivity (Wildman–Crippen MR) is 59.8 cm³/mol. The number of nitrogens with one attached hydrogen (secondary N) is 1. The Labute approximate surface area is 88.5 Å². The van der Waals surface area contributed by atoms with E-state index in [9.17, 15) is 10.1 Å². The van der Waals surface area contributed by atoms with Gasteiger partial charge in [-0.05, 0) is 19.4 Å². The van der Waals surface area contributed by atoms with E-state index in [1.807, 2.05) is 0 Å². The number of nitro benzene ring substituents is 1. The van der Waals surface area contributed by atoms with Gasteiger partial charge in [0, 0.05) is 6.07 Å². The molecule has 0 amide bonds. The number of terminal acetylenes is 1. The number of nitrogens with zero attached hydrogens (tertiary/aromatic N) is 1. The Kier molecular flexibility index (Phi) is 3.29. The number of rotatable bonds is 3. The molecule has 0 radical (unpaired) electrons. The zero-order chi connectivity index (χ0) is 11.4. The molecule has 0 heterocycles. The van der Waals surface area contributed by atoms with Crippen molar-refractivity contribution < 1.29 is 4.92 Å². The maximum Gasteiger partial charge on any atom is 0.292 e. The number of benzene rings is 1. The van der Waals surface area contributed by atoms with Crippen LogP contribution in [-0.4, -0.2) is 11.0 Å². The van der Waals surface area contributed by atoms with Gasteiger partial charge in [-0.3, -0.25) is 10.1 Å². The molecule has 1 rings (SSSR count). The molecule has 1 atom stereocenters. The van der Waals surface area contributed by atoms with Crippen molar-refractivity contribution in [3.63, 3.8) is 0 Å². The summed E-state index contributed by atoms with van der Waals surface area (Å²) < 4.78 is 0. The van der Waals surface area contributed by atoms with Crippen LogP contribution in [0.3, 0.4) is 0 Å². The van der Waals surface area contributed by atoms with Crippen LogP contribution in [-0.2, 0) is 0 Å². The van der Waals surface area contributed by atoms with Gasteiger partial charge < -0.3 is 5.32 Å². The molecule has 4 nitrogen and oxygen atoms in total. The maximum atomic E-state index is 10.8. The molecule has 1 unspecified atom stereocenters. The van der Waals surface area contributed by atoms with Gasteiger partial charge in [0.1, 0.15) is 5.69 Å². The van der Waals surface area contributed by atoms with Crippen molar-refractivity contribution >= 4 is 11.4 Å². The minimum absolute atomic E-state index is 0.0529. The third kappa shape index (κ3) is 2.47. The summed E-state index contributed by atoms with van der Waals surface area (Å²) in [6.45, 7) is 3.58. The van der Waals surface area contributed by atoms with E-state index in [-0.39, 0.29) is 11.7 Å². The Hall–Kier alpha value is -2.02. The van der Waals surface area contributed by atoms with Gasteiger partial charge >= 0.3 is 0 Å². The highest BCUT2D eigenvalue weighted by Crippen LogP contribution is 2.27. The molecule has 0 aromatic heterocycles. The number of aryl methyl sites for hydroxylation is 1.